The number of aromatic nitrogens is 3. The Morgan fingerprint density at radius 1 is 1.00 bits per heavy atom. The van der Waals surface area contributed by atoms with Crippen molar-refractivity contribution in [2.75, 3.05) is 32.5 Å². The molecule has 0 spiro atoms. The van der Waals surface area contributed by atoms with Crippen molar-refractivity contribution in [3.05, 3.63) is 71.9 Å². The van der Waals surface area contributed by atoms with E-state index >= 15 is 0 Å². The van der Waals surface area contributed by atoms with E-state index in [0.717, 1.165) is 40.9 Å². The lowest BCUT2D eigenvalue weighted by Gasteiger charge is -2.14. The highest BCUT2D eigenvalue weighted by Gasteiger charge is 2.14. The average molecular weight is 422 g/mol. The van der Waals surface area contributed by atoms with Gasteiger partial charge in [0.05, 0.1) is 11.2 Å². The largest absolute Gasteiger partial charge is 0.368 e. The number of anilines is 1. The minimum absolute atomic E-state index is 0.366. The van der Waals surface area contributed by atoms with E-state index in [4.69, 9.17) is 11.6 Å². The number of hydrogen-bond donors (Lipinski definition) is 1. The number of rotatable bonds is 6. The lowest BCUT2D eigenvalue weighted by molar-refractivity contribution is 0.425. The fraction of sp³-hybridized carbons (Fsp3) is 0.174. The average Bonchev–Trinajstić information content (AvgIpc) is 2.75. The highest BCUT2D eigenvalue weighted by Crippen LogP contribution is 2.35. The zero-order valence-corrected chi connectivity index (χ0v) is 17.5. The summed E-state index contributed by atoms with van der Waals surface area (Å²) in [6.07, 6.45) is 3.20. The first-order valence-electron chi connectivity index (χ1n) is 9.57. The van der Waals surface area contributed by atoms with Crippen molar-refractivity contribution >= 4 is 28.3 Å². The molecule has 4 rings (SSSR count). The van der Waals surface area contributed by atoms with Gasteiger partial charge >= 0.3 is 0 Å². The number of nitrogens with one attached hydrogen (secondary N) is 1. The van der Waals surface area contributed by atoms with Crippen LogP contribution in [0.15, 0.2) is 61.1 Å². The summed E-state index contributed by atoms with van der Waals surface area (Å²) >= 11 is 6.11. The highest BCUT2D eigenvalue weighted by atomic mass is 35.5. The van der Waals surface area contributed by atoms with Crippen molar-refractivity contribution in [3.63, 3.8) is 0 Å². The van der Waals surface area contributed by atoms with Crippen molar-refractivity contribution < 1.29 is 4.39 Å². The topological polar surface area (TPSA) is 53.9 Å². The Kier molecular flexibility index (Phi) is 5.88. The number of hydrogen-bond acceptors (Lipinski definition) is 5. The Bertz CT molecular complexity index is 1200. The number of nitrogens with zero attached hydrogens (tertiary/aromatic N) is 4. The molecule has 0 unspecified atom stereocenters. The van der Waals surface area contributed by atoms with Gasteiger partial charge in [0.25, 0.3) is 0 Å². The maximum absolute atomic E-state index is 14.5. The van der Waals surface area contributed by atoms with Gasteiger partial charge in [-0.2, -0.15) is 0 Å². The first-order valence-corrected chi connectivity index (χ1v) is 9.95. The maximum atomic E-state index is 14.5. The Hall–Kier alpha value is -3.09. The smallest absolute Gasteiger partial charge is 0.137 e. The molecule has 5 nitrogen and oxygen atoms in total. The number of halogens is 2. The SMILES string of the molecule is CN(C)CCNc1ncnc2ccc(-c3cccnc3-c3cc(Cl)ccc3F)cc12. The van der Waals surface area contributed by atoms with E-state index in [2.05, 4.69) is 25.2 Å². The van der Waals surface area contributed by atoms with Crippen LogP contribution in [0.2, 0.25) is 5.02 Å². The lowest BCUT2D eigenvalue weighted by Crippen LogP contribution is -2.21. The van der Waals surface area contributed by atoms with Gasteiger partial charge < -0.3 is 10.2 Å². The second-order valence-corrected chi connectivity index (χ2v) is 7.64. The van der Waals surface area contributed by atoms with E-state index in [0.29, 0.717) is 16.3 Å². The number of fused-ring (bicyclic) bond motifs is 1. The minimum atomic E-state index is -0.366. The summed E-state index contributed by atoms with van der Waals surface area (Å²) in [6, 6.07) is 14.2. The Morgan fingerprint density at radius 2 is 1.87 bits per heavy atom. The van der Waals surface area contributed by atoms with E-state index in [1.165, 1.54) is 12.1 Å². The molecule has 0 amide bonds. The molecular formula is C23H21ClFN5. The molecule has 152 valence electrons. The van der Waals surface area contributed by atoms with E-state index < -0.39 is 0 Å². The minimum Gasteiger partial charge on any atom is -0.368 e. The van der Waals surface area contributed by atoms with Gasteiger partial charge in [-0.15, -0.1) is 0 Å². The lowest BCUT2D eigenvalue weighted by atomic mass is 9.98. The number of likely N-dealkylation sites (N-methyl/N-ethyl adjacent to an activating group) is 1. The van der Waals surface area contributed by atoms with E-state index in [-0.39, 0.29) is 5.82 Å². The van der Waals surface area contributed by atoms with E-state index in [9.17, 15) is 4.39 Å². The molecule has 2 aromatic carbocycles. The fourth-order valence-electron chi connectivity index (χ4n) is 3.29. The van der Waals surface area contributed by atoms with Crippen LogP contribution in [0.25, 0.3) is 33.3 Å². The van der Waals surface area contributed by atoms with Gasteiger partial charge in [0, 0.05) is 40.8 Å². The predicted octanol–water partition coefficient (Wildman–Crippen LogP) is 5.12. The molecule has 30 heavy (non-hydrogen) atoms. The fourth-order valence-corrected chi connectivity index (χ4v) is 3.47. The molecule has 2 aromatic heterocycles. The van der Waals surface area contributed by atoms with Gasteiger partial charge in [-0.3, -0.25) is 4.98 Å². The zero-order valence-electron chi connectivity index (χ0n) is 16.7. The van der Waals surface area contributed by atoms with E-state index in [1.54, 1.807) is 18.6 Å². The predicted molar refractivity (Wildman–Crippen MR) is 120 cm³/mol. The Labute approximate surface area is 179 Å². The monoisotopic (exact) mass is 421 g/mol. The number of benzene rings is 2. The molecule has 0 radical (unpaired) electrons. The van der Waals surface area contributed by atoms with Gasteiger partial charge in [-0.05, 0) is 56.1 Å². The van der Waals surface area contributed by atoms with E-state index in [1.807, 2.05) is 44.4 Å². The summed E-state index contributed by atoms with van der Waals surface area (Å²) in [6.45, 7) is 1.64. The molecule has 2 heterocycles. The molecule has 0 fully saturated rings. The van der Waals surface area contributed by atoms with Crippen LogP contribution in [0.4, 0.5) is 10.2 Å². The molecule has 1 N–H and O–H groups in total. The van der Waals surface area contributed by atoms with Crippen LogP contribution >= 0.6 is 11.6 Å². The van der Waals surface area contributed by atoms with Crippen molar-refractivity contribution in [1.29, 1.82) is 0 Å². The van der Waals surface area contributed by atoms with Gasteiger partial charge in [-0.1, -0.05) is 23.7 Å². The molecule has 0 aliphatic carbocycles. The summed E-state index contributed by atoms with van der Waals surface area (Å²) in [5, 5.41) is 4.73. The maximum Gasteiger partial charge on any atom is 0.137 e. The number of pyridine rings is 1. The molecule has 0 aliphatic rings. The third-order valence-electron chi connectivity index (χ3n) is 4.79. The molecule has 7 heteroatoms. The van der Waals surface area contributed by atoms with Crippen molar-refractivity contribution in [1.82, 2.24) is 19.9 Å². The third kappa shape index (κ3) is 4.25. The molecule has 0 saturated heterocycles. The third-order valence-corrected chi connectivity index (χ3v) is 5.02. The second kappa shape index (κ2) is 8.73. The summed E-state index contributed by atoms with van der Waals surface area (Å²) in [5.74, 6) is 0.401. The summed E-state index contributed by atoms with van der Waals surface area (Å²) in [4.78, 5) is 15.3. The second-order valence-electron chi connectivity index (χ2n) is 7.21. The van der Waals surface area contributed by atoms with Gasteiger partial charge in [0.15, 0.2) is 0 Å². The quantitative estimate of drug-likeness (QED) is 0.468. The van der Waals surface area contributed by atoms with Crippen LogP contribution in [-0.4, -0.2) is 47.0 Å². The van der Waals surface area contributed by atoms with Gasteiger partial charge in [0.1, 0.15) is 18.0 Å². The van der Waals surface area contributed by atoms with Crippen molar-refractivity contribution in [3.8, 4) is 22.4 Å². The van der Waals surface area contributed by atoms with Gasteiger partial charge in [0.2, 0.25) is 0 Å². The molecule has 4 aromatic rings. The standard InChI is InChI=1S/C23H21ClFN5/c1-30(2)11-10-27-23-19-12-15(5-8-21(19)28-14-29-23)17-4-3-9-26-22(17)18-13-16(24)6-7-20(18)25/h3-9,12-14H,10-11H2,1-2H3,(H,27,28,29). The molecule has 0 bridgehead atoms. The van der Waals surface area contributed by atoms with Crippen LogP contribution in [0.1, 0.15) is 0 Å². The zero-order chi connectivity index (χ0) is 21.1. The van der Waals surface area contributed by atoms with Crippen LogP contribution in [-0.2, 0) is 0 Å². The molecule has 0 atom stereocenters. The first-order chi connectivity index (χ1) is 14.5. The van der Waals surface area contributed by atoms with Crippen LogP contribution in [0.5, 0.6) is 0 Å². The van der Waals surface area contributed by atoms with Gasteiger partial charge in [-0.25, -0.2) is 14.4 Å². The summed E-state index contributed by atoms with van der Waals surface area (Å²) < 4.78 is 14.5. The van der Waals surface area contributed by atoms with Crippen LogP contribution < -0.4 is 5.32 Å². The Balaban J connectivity index is 1.80. The van der Waals surface area contributed by atoms with Crippen LogP contribution in [0, 0.1) is 5.82 Å². The first kappa shape index (κ1) is 20.2. The molecular weight excluding hydrogens is 401 g/mol. The molecule has 0 aliphatic heterocycles. The Morgan fingerprint density at radius 3 is 2.70 bits per heavy atom. The molecule has 0 saturated carbocycles. The normalized spacial score (nSPS) is 11.2. The summed E-state index contributed by atoms with van der Waals surface area (Å²) in [7, 11) is 4.05. The van der Waals surface area contributed by atoms with Crippen LogP contribution in [0.3, 0.4) is 0 Å². The summed E-state index contributed by atoms with van der Waals surface area (Å²) in [5.41, 5.74) is 3.45. The van der Waals surface area contributed by atoms with Crippen molar-refractivity contribution in [2.45, 2.75) is 0 Å². The highest BCUT2D eigenvalue weighted by molar-refractivity contribution is 6.30. The van der Waals surface area contributed by atoms with Crippen molar-refractivity contribution in [2.24, 2.45) is 0 Å².